The van der Waals surface area contributed by atoms with Crippen LogP contribution in [0.2, 0.25) is 0 Å². The van der Waals surface area contributed by atoms with Crippen LogP contribution in [0.1, 0.15) is 19.4 Å². The Morgan fingerprint density at radius 2 is 2.06 bits per heavy atom. The Balaban J connectivity index is 2.62. The van der Waals surface area contributed by atoms with Gasteiger partial charge in [-0.3, -0.25) is 4.90 Å². The first-order valence-corrected chi connectivity index (χ1v) is 6.37. The van der Waals surface area contributed by atoms with Gasteiger partial charge in [-0.05, 0) is 31.7 Å². The number of benzene rings is 1. The molecule has 1 rings (SSSR count). The average molecular weight is 253 g/mol. The molecule has 0 fully saturated rings. The van der Waals surface area contributed by atoms with E-state index in [1.807, 2.05) is 13.0 Å². The summed E-state index contributed by atoms with van der Waals surface area (Å²) in [5.41, 5.74) is 0.882. The third-order valence-electron chi connectivity index (χ3n) is 2.88. The first-order chi connectivity index (χ1) is 8.71. The quantitative estimate of drug-likeness (QED) is 0.722. The Bertz CT molecular complexity index is 355. The molecule has 0 bridgehead atoms. The first kappa shape index (κ1) is 14.8. The predicted octanol–water partition coefficient (Wildman–Crippen LogP) is 2.26. The van der Waals surface area contributed by atoms with Crippen LogP contribution >= 0.6 is 0 Å². The van der Waals surface area contributed by atoms with E-state index in [-0.39, 0.29) is 0 Å². The summed E-state index contributed by atoms with van der Waals surface area (Å²) in [5, 5.41) is 9.83. The van der Waals surface area contributed by atoms with E-state index in [1.54, 1.807) is 19.2 Å². The Morgan fingerprint density at radius 3 is 2.67 bits per heavy atom. The smallest absolute Gasteiger partial charge is 0.120 e. The second-order valence-electron chi connectivity index (χ2n) is 4.06. The minimum atomic E-state index is 0.311. The van der Waals surface area contributed by atoms with Gasteiger partial charge >= 0.3 is 0 Å². The van der Waals surface area contributed by atoms with Crippen LogP contribution in [0.4, 0.5) is 0 Å². The van der Waals surface area contributed by atoms with Crippen LogP contribution in [-0.4, -0.2) is 43.4 Å². The molecule has 0 amide bonds. The van der Waals surface area contributed by atoms with Crippen LogP contribution in [0.25, 0.3) is 0 Å². The number of phenols is 1. The maximum atomic E-state index is 9.83. The van der Waals surface area contributed by atoms with Crippen LogP contribution in [0.15, 0.2) is 18.2 Å². The molecule has 4 heteroatoms. The van der Waals surface area contributed by atoms with Crippen molar-refractivity contribution in [3.63, 3.8) is 0 Å². The molecule has 1 aromatic carbocycles. The summed E-state index contributed by atoms with van der Waals surface area (Å²) in [6.45, 7) is 8.03. The summed E-state index contributed by atoms with van der Waals surface area (Å²) in [5.74, 6) is 1.08. The second kappa shape index (κ2) is 7.95. The maximum Gasteiger partial charge on any atom is 0.120 e. The van der Waals surface area contributed by atoms with Crippen LogP contribution < -0.4 is 4.74 Å². The lowest BCUT2D eigenvalue weighted by molar-refractivity contribution is 0.112. The number of rotatable bonds is 8. The van der Waals surface area contributed by atoms with Crippen LogP contribution in [0.3, 0.4) is 0 Å². The van der Waals surface area contributed by atoms with Gasteiger partial charge in [0.15, 0.2) is 0 Å². The minimum absolute atomic E-state index is 0.311. The van der Waals surface area contributed by atoms with E-state index in [9.17, 15) is 5.11 Å². The highest BCUT2D eigenvalue weighted by atomic mass is 16.5. The lowest BCUT2D eigenvalue weighted by atomic mass is 10.1. The lowest BCUT2D eigenvalue weighted by Gasteiger charge is -2.21. The topological polar surface area (TPSA) is 41.9 Å². The van der Waals surface area contributed by atoms with Crippen molar-refractivity contribution >= 4 is 0 Å². The van der Waals surface area contributed by atoms with Crippen LogP contribution in [-0.2, 0) is 11.3 Å². The lowest BCUT2D eigenvalue weighted by Crippen LogP contribution is -2.27. The molecule has 0 aliphatic rings. The number of aromatic hydroxyl groups is 1. The predicted molar refractivity (Wildman–Crippen MR) is 72.1 cm³/mol. The van der Waals surface area contributed by atoms with E-state index in [4.69, 9.17) is 9.47 Å². The highest BCUT2D eigenvalue weighted by Crippen LogP contribution is 2.24. The fourth-order valence-electron chi connectivity index (χ4n) is 1.74. The van der Waals surface area contributed by atoms with E-state index < -0.39 is 0 Å². The number of phenolic OH excluding ortho intramolecular Hbond substituents is 1. The molecule has 102 valence electrons. The molecular weight excluding hydrogens is 230 g/mol. The number of nitrogens with zero attached hydrogens (tertiary/aromatic N) is 1. The summed E-state index contributed by atoms with van der Waals surface area (Å²) in [4.78, 5) is 2.23. The zero-order valence-electron chi connectivity index (χ0n) is 11.5. The molecule has 4 nitrogen and oxygen atoms in total. The van der Waals surface area contributed by atoms with Gasteiger partial charge in [-0.15, -0.1) is 0 Å². The van der Waals surface area contributed by atoms with E-state index in [0.29, 0.717) is 12.3 Å². The van der Waals surface area contributed by atoms with Crippen molar-refractivity contribution in [1.82, 2.24) is 4.90 Å². The molecule has 0 saturated carbocycles. The number of likely N-dealkylation sites (N-methyl/N-ethyl adjacent to an activating group) is 1. The van der Waals surface area contributed by atoms with E-state index in [1.165, 1.54) is 0 Å². The molecule has 0 heterocycles. The Labute approximate surface area is 109 Å². The molecule has 0 aromatic heterocycles. The van der Waals surface area contributed by atoms with Gasteiger partial charge in [-0.2, -0.15) is 0 Å². The van der Waals surface area contributed by atoms with Gasteiger partial charge in [0.25, 0.3) is 0 Å². The number of methoxy groups -OCH3 is 1. The standard InChI is InChI=1S/C14H23NO3/c1-4-15(8-9-18-5-2)11-12-10-13(17-3)6-7-14(12)16/h6-7,10,16H,4-5,8-9,11H2,1-3H3. The van der Waals surface area contributed by atoms with Crippen molar-refractivity contribution in [3.8, 4) is 11.5 Å². The normalized spacial score (nSPS) is 10.9. The molecule has 0 atom stereocenters. The van der Waals surface area contributed by atoms with Crippen molar-refractivity contribution in [2.75, 3.05) is 33.4 Å². The van der Waals surface area contributed by atoms with Gasteiger partial charge in [-0.1, -0.05) is 6.92 Å². The van der Waals surface area contributed by atoms with Gasteiger partial charge in [0.05, 0.1) is 13.7 Å². The van der Waals surface area contributed by atoms with Crippen molar-refractivity contribution in [2.24, 2.45) is 0 Å². The minimum Gasteiger partial charge on any atom is -0.508 e. The summed E-state index contributed by atoms with van der Waals surface area (Å²) in [7, 11) is 1.63. The summed E-state index contributed by atoms with van der Waals surface area (Å²) in [6, 6.07) is 5.30. The van der Waals surface area contributed by atoms with Crippen molar-refractivity contribution in [2.45, 2.75) is 20.4 Å². The first-order valence-electron chi connectivity index (χ1n) is 6.37. The maximum absolute atomic E-state index is 9.83. The largest absolute Gasteiger partial charge is 0.508 e. The number of hydrogen-bond acceptors (Lipinski definition) is 4. The van der Waals surface area contributed by atoms with Crippen LogP contribution in [0, 0.1) is 0 Å². The highest BCUT2D eigenvalue weighted by molar-refractivity contribution is 5.39. The van der Waals surface area contributed by atoms with Gasteiger partial charge < -0.3 is 14.6 Å². The molecule has 0 aliphatic carbocycles. The molecule has 0 radical (unpaired) electrons. The zero-order chi connectivity index (χ0) is 13.4. The van der Waals surface area contributed by atoms with Crippen molar-refractivity contribution in [3.05, 3.63) is 23.8 Å². The third-order valence-corrected chi connectivity index (χ3v) is 2.88. The second-order valence-corrected chi connectivity index (χ2v) is 4.06. The van der Waals surface area contributed by atoms with Crippen molar-refractivity contribution in [1.29, 1.82) is 0 Å². The summed E-state index contributed by atoms with van der Waals surface area (Å²) >= 11 is 0. The van der Waals surface area contributed by atoms with Gasteiger partial charge in [-0.25, -0.2) is 0 Å². The Hall–Kier alpha value is -1.26. The highest BCUT2D eigenvalue weighted by Gasteiger charge is 2.08. The Morgan fingerprint density at radius 1 is 1.28 bits per heavy atom. The van der Waals surface area contributed by atoms with Gasteiger partial charge in [0.2, 0.25) is 0 Å². The molecule has 0 aliphatic heterocycles. The molecule has 0 spiro atoms. The SMILES string of the molecule is CCOCCN(CC)Cc1cc(OC)ccc1O. The van der Waals surface area contributed by atoms with E-state index in [2.05, 4.69) is 11.8 Å². The molecule has 1 N–H and O–H groups in total. The van der Waals surface area contributed by atoms with Gasteiger partial charge in [0, 0.05) is 25.3 Å². The molecular formula is C14H23NO3. The fraction of sp³-hybridized carbons (Fsp3) is 0.571. The van der Waals surface area contributed by atoms with Gasteiger partial charge in [0.1, 0.15) is 11.5 Å². The van der Waals surface area contributed by atoms with E-state index in [0.717, 1.165) is 37.6 Å². The molecule has 1 aromatic rings. The molecule has 0 unspecified atom stereocenters. The summed E-state index contributed by atoms with van der Waals surface area (Å²) < 4.78 is 10.5. The zero-order valence-corrected chi connectivity index (χ0v) is 11.5. The average Bonchev–Trinajstić information content (AvgIpc) is 2.40. The monoisotopic (exact) mass is 253 g/mol. The third kappa shape index (κ3) is 4.55. The number of hydrogen-bond donors (Lipinski definition) is 1. The Kier molecular flexibility index (Phi) is 6.54. The van der Waals surface area contributed by atoms with E-state index >= 15 is 0 Å². The van der Waals surface area contributed by atoms with Crippen molar-refractivity contribution < 1.29 is 14.6 Å². The number of ether oxygens (including phenoxy) is 2. The molecule has 18 heavy (non-hydrogen) atoms. The van der Waals surface area contributed by atoms with Crippen LogP contribution in [0.5, 0.6) is 11.5 Å². The molecule has 0 saturated heterocycles. The fourth-order valence-corrected chi connectivity index (χ4v) is 1.74. The summed E-state index contributed by atoms with van der Waals surface area (Å²) in [6.07, 6.45) is 0.